The largest absolute Gasteiger partial charge is 0.348 e. The topological polar surface area (TPSA) is 3.24 Å². The predicted molar refractivity (Wildman–Crippen MR) is 94.9 cm³/mol. The van der Waals surface area contributed by atoms with Crippen molar-refractivity contribution in [1.29, 1.82) is 0 Å². The number of allylic oxidation sites excluding steroid dienone is 3. The van der Waals surface area contributed by atoms with Gasteiger partial charge in [0.05, 0.1) is 5.69 Å². The average molecular weight is 281 g/mol. The maximum absolute atomic E-state index is 4.26. The summed E-state index contributed by atoms with van der Waals surface area (Å²) >= 11 is 0. The van der Waals surface area contributed by atoms with Crippen LogP contribution in [0.3, 0.4) is 0 Å². The van der Waals surface area contributed by atoms with Crippen LogP contribution in [0.25, 0.3) is 5.57 Å². The van der Waals surface area contributed by atoms with E-state index in [4.69, 9.17) is 0 Å². The second-order valence-electron chi connectivity index (χ2n) is 7.00. The minimum Gasteiger partial charge on any atom is -0.348 e. The molecule has 0 saturated heterocycles. The number of nitrogens with zero attached hydrogens (tertiary/aromatic N) is 1. The molecule has 1 nitrogen and oxygen atoms in total. The van der Waals surface area contributed by atoms with E-state index in [1.54, 1.807) is 0 Å². The van der Waals surface area contributed by atoms with Crippen LogP contribution in [0.5, 0.6) is 0 Å². The van der Waals surface area contributed by atoms with Gasteiger partial charge in [-0.05, 0) is 34.5 Å². The summed E-state index contributed by atoms with van der Waals surface area (Å²) in [6, 6.07) is 4.55. The number of hydrogen-bond donors (Lipinski definition) is 0. The van der Waals surface area contributed by atoms with Crippen LogP contribution >= 0.6 is 0 Å². The second-order valence-corrected chi connectivity index (χ2v) is 7.00. The lowest BCUT2D eigenvalue weighted by atomic mass is 9.73. The molecule has 0 radical (unpaired) electrons. The van der Waals surface area contributed by atoms with Crippen molar-refractivity contribution in [2.24, 2.45) is 0 Å². The van der Waals surface area contributed by atoms with Crippen LogP contribution in [-0.2, 0) is 5.41 Å². The van der Waals surface area contributed by atoms with Gasteiger partial charge in [-0.2, -0.15) is 0 Å². The Morgan fingerprint density at radius 3 is 2.48 bits per heavy atom. The zero-order valence-electron chi connectivity index (χ0n) is 14.1. The molecular formula is C20H27N. The fourth-order valence-electron chi connectivity index (χ4n) is 3.30. The zero-order valence-corrected chi connectivity index (χ0v) is 14.1. The number of anilines is 1. The molecule has 1 heterocycles. The van der Waals surface area contributed by atoms with Crippen LogP contribution in [0.2, 0.25) is 0 Å². The molecule has 1 aliphatic rings. The Balaban J connectivity index is 2.86. The molecule has 0 atom stereocenters. The van der Waals surface area contributed by atoms with Crippen molar-refractivity contribution >= 4 is 11.3 Å². The summed E-state index contributed by atoms with van der Waals surface area (Å²) in [5, 5.41) is 0. The molecule has 0 N–H and O–H groups in total. The van der Waals surface area contributed by atoms with E-state index in [9.17, 15) is 0 Å². The van der Waals surface area contributed by atoms with E-state index < -0.39 is 0 Å². The van der Waals surface area contributed by atoms with E-state index in [1.807, 2.05) is 6.08 Å². The van der Waals surface area contributed by atoms with Gasteiger partial charge in [-0.1, -0.05) is 65.6 Å². The molecule has 1 aliphatic heterocycles. The molecule has 0 unspecified atom stereocenters. The normalized spacial score (nSPS) is 16.9. The Morgan fingerprint density at radius 2 is 1.95 bits per heavy atom. The highest BCUT2D eigenvalue weighted by Gasteiger charge is 2.34. The Bertz CT molecular complexity index is 617. The molecule has 21 heavy (non-hydrogen) atoms. The quantitative estimate of drug-likeness (QED) is 0.648. The standard InChI is InChI=1S/C20H27N/c1-9-14(4)18-16(13(2)3)10-11-17-19(18)21(8)15(5)12-20(17,6)7/h9-11,13H,1,4-5,12H2,2-3,6-8H3. The van der Waals surface area contributed by atoms with Gasteiger partial charge in [0.2, 0.25) is 0 Å². The predicted octanol–water partition coefficient (Wildman–Crippen LogP) is 5.64. The van der Waals surface area contributed by atoms with Crippen molar-refractivity contribution in [3.8, 4) is 0 Å². The van der Waals surface area contributed by atoms with Gasteiger partial charge in [-0.25, -0.2) is 0 Å². The molecule has 0 amide bonds. The number of rotatable bonds is 3. The number of benzene rings is 1. The third kappa shape index (κ3) is 2.46. The van der Waals surface area contributed by atoms with E-state index in [2.05, 4.69) is 71.5 Å². The second kappa shape index (κ2) is 5.22. The van der Waals surface area contributed by atoms with E-state index >= 15 is 0 Å². The summed E-state index contributed by atoms with van der Waals surface area (Å²) in [6.45, 7) is 21.5. The van der Waals surface area contributed by atoms with Crippen LogP contribution < -0.4 is 4.90 Å². The van der Waals surface area contributed by atoms with E-state index in [0.717, 1.165) is 17.7 Å². The van der Waals surface area contributed by atoms with Gasteiger partial charge in [0.15, 0.2) is 0 Å². The third-order valence-electron chi connectivity index (χ3n) is 4.58. The monoisotopic (exact) mass is 281 g/mol. The summed E-state index contributed by atoms with van der Waals surface area (Å²) in [5.41, 5.74) is 7.45. The van der Waals surface area contributed by atoms with Crippen LogP contribution in [-0.4, -0.2) is 7.05 Å². The SMILES string of the molecule is C=CC(=C)c1c(C(C)C)ccc2c1N(C)C(=C)CC2(C)C. The first-order valence-electron chi connectivity index (χ1n) is 7.61. The number of fused-ring (bicyclic) bond motifs is 1. The highest BCUT2D eigenvalue weighted by Crippen LogP contribution is 2.48. The molecule has 2 rings (SSSR count). The van der Waals surface area contributed by atoms with Crippen molar-refractivity contribution in [2.75, 3.05) is 11.9 Å². The van der Waals surface area contributed by atoms with E-state index in [0.29, 0.717) is 5.92 Å². The lowest BCUT2D eigenvalue weighted by Gasteiger charge is -2.42. The van der Waals surface area contributed by atoms with E-state index in [-0.39, 0.29) is 5.41 Å². The molecule has 0 aliphatic carbocycles. The van der Waals surface area contributed by atoms with Gasteiger partial charge in [0.25, 0.3) is 0 Å². The summed E-state index contributed by atoms with van der Waals surface area (Å²) in [4.78, 5) is 2.23. The Kier molecular flexibility index (Phi) is 3.88. The van der Waals surface area contributed by atoms with Gasteiger partial charge < -0.3 is 4.90 Å². The lowest BCUT2D eigenvalue weighted by Crippen LogP contribution is -2.34. The van der Waals surface area contributed by atoms with Crippen LogP contribution in [0.1, 0.15) is 56.7 Å². The minimum atomic E-state index is 0.102. The molecule has 112 valence electrons. The van der Waals surface area contributed by atoms with Gasteiger partial charge in [0, 0.05) is 18.3 Å². The first kappa shape index (κ1) is 15.6. The summed E-state index contributed by atoms with van der Waals surface area (Å²) in [5.74, 6) is 0.453. The van der Waals surface area contributed by atoms with Crippen LogP contribution in [0.15, 0.2) is 43.6 Å². The zero-order chi connectivity index (χ0) is 15.9. The van der Waals surface area contributed by atoms with Gasteiger partial charge in [0.1, 0.15) is 0 Å². The van der Waals surface area contributed by atoms with Crippen molar-refractivity contribution in [2.45, 2.75) is 45.4 Å². The summed E-state index contributed by atoms with van der Waals surface area (Å²) in [7, 11) is 2.11. The van der Waals surface area contributed by atoms with Crippen molar-refractivity contribution in [3.63, 3.8) is 0 Å². The molecule has 0 fully saturated rings. The fraction of sp³-hybridized carbons (Fsp3) is 0.400. The highest BCUT2D eigenvalue weighted by atomic mass is 15.1. The summed E-state index contributed by atoms with van der Waals surface area (Å²) < 4.78 is 0. The average Bonchev–Trinajstić information content (AvgIpc) is 2.42. The van der Waals surface area contributed by atoms with Gasteiger partial charge >= 0.3 is 0 Å². The first-order chi connectivity index (χ1) is 9.70. The van der Waals surface area contributed by atoms with Gasteiger partial charge in [-0.3, -0.25) is 0 Å². The van der Waals surface area contributed by atoms with Crippen LogP contribution in [0.4, 0.5) is 5.69 Å². The van der Waals surface area contributed by atoms with Crippen molar-refractivity contribution in [1.82, 2.24) is 0 Å². The molecule has 0 saturated carbocycles. The molecular weight excluding hydrogens is 254 g/mol. The number of hydrogen-bond acceptors (Lipinski definition) is 1. The molecule has 0 bridgehead atoms. The van der Waals surface area contributed by atoms with Crippen LogP contribution in [0, 0.1) is 0 Å². The van der Waals surface area contributed by atoms with E-state index in [1.165, 1.54) is 22.4 Å². The smallest absolute Gasteiger partial charge is 0.0525 e. The maximum Gasteiger partial charge on any atom is 0.0525 e. The lowest BCUT2D eigenvalue weighted by molar-refractivity contribution is 0.498. The molecule has 1 aromatic carbocycles. The molecule has 0 aromatic heterocycles. The molecule has 1 aromatic rings. The highest BCUT2D eigenvalue weighted by molar-refractivity contribution is 5.87. The Morgan fingerprint density at radius 1 is 1.33 bits per heavy atom. The first-order valence-corrected chi connectivity index (χ1v) is 7.61. The van der Waals surface area contributed by atoms with Gasteiger partial charge in [-0.15, -0.1) is 0 Å². The fourth-order valence-corrected chi connectivity index (χ4v) is 3.30. The Hall–Kier alpha value is -1.76. The third-order valence-corrected chi connectivity index (χ3v) is 4.58. The molecule has 0 spiro atoms. The summed E-state index contributed by atoms with van der Waals surface area (Å²) in [6.07, 6.45) is 2.84. The maximum atomic E-state index is 4.26. The molecule has 1 heteroatoms. The Labute approximate surface area is 129 Å². The van der Waals surface area contributed by atoms with Crippen molar-refractivity contribution in [3.05, 3.63) is 60.3 Å². The van der Waals surface area contributed by atoms with Crippen molar-refractivity contribution < 1.29 is 0 Å². The minimum absolute atomic E-state index is 0.102.